The Morgan fingerprint density at radius 1 is 0.926 bits per heavy atom. The van der Waals surface area contributed by atoms with Crippen LogP contribution in [0.3, 0.4) is 0 Å². The summed E-state index contributed by atoms with van der Waals surface area (Å²) in [6.07, 6.45) is 0.222. The van der Waals surface area contributed by atoms with Crippen molar-refractivity contribution in [1.82, 2.24) is 0 Å². The molecule has 0 saturated carbocycles. The summed E-state index contributed by atoms with van der Waals surface area (Å²) in [6.45, 7) is 7.15. The van der Waals surface area contributed by atoms with Gasteiger partial charge >= 0.3 is 11.9 Å². The molecule has 0 aliphatic rings. The first-order chi connectivity index (χ1) is 12.6. The summed E-state index contributed by atoms with van der Waals surface area (Å²) in [4.78, 5) is 24.1. The van der Waals surface area contributed by atoms with Crippen molar-refractivity contribution in [2.45, 2.75) is 34.1 Å². The molecular weight excluding hydrogens is 416 g/mol. The third-order valence-corrected chi connectivity index (χ3v) is 4.13. The summed E-state index contributed by atoms with van der Waals surface area (Å²) in [5, 5.41) is 1.12. The number of methoxy groups -OCH3 is 2. The van der Waals surface area contributed by atoms with Crippen molar-refractivity contribution in [1.29, 1.82) is 0 Å². The van der Waals surface area contributed by atoms with Crippen molar-refractivity contribution in [3.05, 3.63) is 22.7 Å². The Morgan fingerprint density at radius 3 is 1.96 bits per heavy atom. The van der Waals surface area contributed by atoms with Gasteiger partial charge in [0.1, 0.15) is 0 Å². The lowest BCUT2D eigenvalue weighted by Gasteiger charge is -2.21. The van der Waals surface area contributed by atoms with E-state index < -0.39 is 11.9 Å². The summed E-state index contributed by atoms with van der Waals surface area (Å²) in [6, 6.07) is 5.31. The lowest BCUT2D eigenvalue weighted by atomic mass is 9.92. The van der Waals surface area contributed by atoms with Crippen molar-refractivity contribution < 1.29 is 28.5 Å². The molecule has 0 aromatic heterocycles. The molecule has 0 atom stereocenters. The molecule has 2 aromatic carbocycles. The van der Waals surface area contributed by atoms with Gasteiger partial charge in [-0.3, -0.25) is 9.59 Å². The second-order valence-electron chi connectivity index (χ2n) is 7.22. The van der Waals surface area contributed by atoms with Gasteiger partial charge in [-0.2, -0.15) is 0 Å². The summed E-state index contributed by atoms with van der Waals surface area (Å²) in [5.74, 6) is -0.111. The highest BCUT2D eigenvalue weighted by molar-refractivity contribution is 9.10. The first-order valence-electron chi connectivity index (χ1n) is 8.33. The lowest BCUT2D eigenvalue weighted by Crippen LogP contribution is -2.18. The Hall–Kier alpha value is -2.28. The smallest absolute Gasteiger partial charge is 0.311 e. The van der Waals surface area contributed by atoms with E-state index >= 15 is 0 Å². The quantitative estimate of drug-likeness (QED) is 0.488. The molecule has 0 radical (unpaired) electrons. The molecule has 0 saturated heterocycles. The molecular formula is C20H23BrO6. The maximum absolute atomic E-state index is 12.5. The minimum atomic E-state index is -0.503. The maximum Gasteiger partial charge on any atom is 0.311 e. The standard InChI is InChI=1S/C20H23BrO6/c1-11(22)26-16-13-8-7-12(21)9-14(13)17(19(25-6)18(16)24-5)27-15(23)10-20(2,3)4/h7-9H,10H2,1-6H3. The van der Waals surface area contributed by atoms with E-state index in [1.54, 1.807) is 18.2 Å². The first-order valence-corrected chi connectivity index (χ1v) is 9.13. The normalized spacial score (nSPS) is 11.2. The largest absolute Gasteiger partial charge is 0.490 e. The number of carbonyl (C=O) groups excluding carboxylic acids is 2. The highest BCUT2D eigenvalue weighted by Crippen LogP contribution is 2.51. The molecule has 0 unspecified atom stereocenters. The predicted molar refractivity (Wildman–Crippen MR) is 106 cm³/mol. The minimum Gasteiger partial charge on any atom is -0.490 e. The zero-order valence-electron chi connectivity index (χ0n) is 16.3. The van der Waals surface area contributed by atoms with Crippen LogP contribution in [0, 0.1) is 5.41 Å². The van der Waals surface area contributed by atoms with E-state index in [1.165, 1.54) is 21.1 Å². The highest BCUT2D eigenvalue weighted by Gasteiger charge is 2.27. The molecule has 146 valence electrons. The summed E-state index contributed by atoms with van der Waals surface area (Å²) < 4.78 is 22.7. The van der Waals surface area contributed by atoms with Crippen LogP contribution < -0.4 is 18.9 Å². The number of halogens is 1. The van der Waals surface area contributed by atoms with E-state index in [9.17, 15) is 9.59 Å². The fourth-order valence-electron chi connectivity index (χ4n) is 2.65. The summed E-state index contributed by atoms with van der Waals surface area (Å²) in [5.41, 5.74) is -0.234. The summed E-state index contributed by atoms with van der Waals surface area (Å²) >= 11 is 3.42. The molecule has 7 heteroatoms. The molecule has 0 amide bonds. The minimum absolute atomic E-state index is 0.182. The lowest BCUT2D eigenvalue weighted by molar-refractivity contribution is -0.136. The second-order valence-corrected chi connectivity index (χ2v) is 8.14. The third-order valence-electron chi connectivity index (χ3n) is 3.63. The molecule has 2 rings (SSSR count). The molecule has 27 heavy (non-hydrogen) atoms. The van der Waals surface area contributed by atoms with E-state index in [2.05, 4.69) is 15.9 Å². The number of hydrogen-bond donors (Lipinski definition) is 0. The van der Waals surface area contributed by atoms with E-state index in [0.29, 0.717) is 10.8 Å². The molecule has 2 aromatic rings. The fraction of sp³-hybridized carbons (Fsp3) is 0.400. The van der Waals surface area contributed by atoms with Crippen LogP contribution in [0.15, 0.2) is 22.7 Å². The van der Waals surface area contributed by atoms with Gasteiger partial charge in [-0.15, -0.1) is 0 Å². The maximum atomic E-state index is 12.5. The van der Waals surface area contributed by atoms with Gasteiger partial charge in [0.15, 0.2) is 11.5 Å². The Kier molecular flexibility index (Phi) is 6.36. The molecule has 0 aliphatic heterocycles. The van der Waals surface area contributed by atoms with Crippen molar-refractivity contribution in [2.24, 2.45) is 5.41 Å². The molecule has 0 bridgehead atoms. The highest BCUT2D eigenvalue weighted by atomic mass is 79.9. The van der Waals surface area contributed by atoms with Crippen LogP contribution in [-0.4, -0.2) is 26.2 Å². The number of rotatable bonds is 5. The molecule has 0 fully saturated rings. The van der Waals surface area contributed by atoms with E-state index in [4.69, 9.17) is 18.9 Å². The Balaban J connectivity index is 2.76. The monoisotopic (exact) mass is 438 g/mol. The Labute approximate surface area is 166 Å². The summed E-state index contributed by atoms with van der Waals surface area (Å²) in [7, 11) is 2.86. The SMILES string of the molecule is COc1c(OC)c(OC(=O)CC(C)(C)C)c2cc(Br)ccc2c1OC(C)=O. The van der Waals surface area contributed by atoms with E-state index in [1.807, 2.05) is 20.8 Å². The number of hydrogen-bond acceptors (Lipinski definition) is 6. The molecule has 0 N–H and O–H groups in total. The van der Waals surface area contributed by atoms with Gasteiger partial charge in [-0.1, -0.05) is 36.7 Å². The average molecular weight is 439 g/mol. The second kappa shape index (κ2) is 8.17. The van der Waals surface area contributed by atoms with E-state index in [0.717, 1.165) is 4.47 Å². The van der Waals surface area contributed by atoms with Crippen LogP contribution in [0.25, 0.3) is 10.8 Å². The molecule has 0 heterocycles. The van der Waals surface area contributed by atoms with Crippen molar-refractivity contribution >= 4 is 38.6 Å². The van der Waals surface area contributed by atoms with Gasteiger partial charge in [0, 0.05) is 22.2 Å². The zero-order chi connectivity index (χ0) is 20.4. The third kappa shape index (κ3) is 4.91. The topological polar surface area (TPSA) is 71.1 Å². The van der Waals surface area contributed by atoms with Crippen LogP contribution in [-0.2, 0) is 9.59 Å². The Morgan fingerprint density at radius 2 is 1.48 bits per heavy atom. The van der Waals surface area contributed by atoms with Gasteiger partial charge in [0.2, 0.25) is 11.5 Å². The van der Waals surface area contributed by atoms with Crippen molar-refractivity contribution in [3.8, 4) is 23.0 Å². The Bertz CT molecular complexity index is 882. The molecule has 6 nitrogen and oxygen atoms in total. The number of esters is 2. The first kappa shape index (κ1) is 21.0. The molecule has 0 aliphatic carbocycles. The number of fused-ring (bicyclic) bond motifs is 1. The molecule has 0 spiro atoms. The van der Waals surface area contributed by atoms with Crippen molar-refractivity contribution in [2.75, 3.05) is 14.2 Å². The fourth-order valence-corrected chi connectivity index (χ4v) is 3.01. The van der Waals surface area contributed by atoms with Gasteiger partial charge in [0.05, 0.1) is 20.6 Å². The van der Waals surface area contributed by atoms with E-state index in [-0.39, 0.29) is 34.8 Å². The van der Waals surface area contributed by atoms with Gasteiger partial charge in [-0.05, 0) is 23.6 Å². The van der Waals surface area contributed by atoms with Crippen LogP contribution in [0.5, 0.6) is 23.0 Å². The van der Waals surface area contributed by atoms with Crippen LogP contribution in [0.1, 0.15) is 34.1 Å². The van der Waals surface area contributed by atoms with Gasteiger partial charge < -0.3 is 18.9 Å². The van der Waals surface area contributed by atoms with Crippen LogP contribution in [0.4, 0.5) is 0 Å². The van der Waals surface area contributed by atoms with Gasteiger partial charge in [0.25, 0.3) is 0 Å². The predicted octanol–water partition coefficient (Wildman–Crippen LogP) is 4.89. The number of ether oxygens (including phenoxy) is 4. The van der Waals surface area contributed by atoms with Crippen LogP contribution >= 0.6 is 15.9 Å². The van der Waals surface area contributed by atoms with Crippen LogP contribution in [0.2, 0.25) is 0 Å². The number of carbonyl (C=O) groups is 2. The number of benzene rings is 2. The average Bonchev–Trinajstić information content (AvgIpc) is 2.54. The zero-order valence-corrected chi connectivity index (χ0v) is 17.9. The van der Waals surface area contributed by atoms with Crippen molar-refractivity contribution in [3.63, 3.8) is 0 Å². The van der Waals surface area contributed by atoms with Gasteiger partial charge in [-0.25, -0.2) is 0 Å².